The van der Waals surface area contributed by atoms with E-state index in [-0.39, 0.29) is 18.6 Å². The number of rotatable bonds is 11. The molecule has 0 spiro atoms. The molecule has 0 aliphatic carbocycles. The Hall–Kier alpha value is -0.950. The van der Waals surface area contributed by atoms with Crippen molar-refractivity contribution in [1.82, 2.24) is 0 Å². The Morgan fingerprint density at radius 1 is 1.09 bits per heavy atom. The smallest absolute Gasteiger partial charge is 0.264 e. The van der Waals surface area contributed by atoms with Crippen molar-refractivity contribution in [3.05, 3.63) is 35.9 Å². The van der Waals surface area contributed by atoms with Gasteiger partial charge in [-0.05, 0) is 18.9 Å². The van der Waals surface area contributed by atoms with E-state index in [2.05, 4.69) is 0 Å². The van der Waals surface area contributed by atoms with Gasteiger partial charge >= 0.3 is 0 Å². The van der Waals surface area contributed by atoms with E-state index in [1.54, 1.807) is 0 Å². The van der Waals surface area contributed by atoms with Gasteiger partial charge in [0.05, 0.1) is 32.2 Å². The first kappa shape index (κ1) is 19.1. The van der Waals surface area contributed by atoms with Crippen LogP contribution in [0, 0.1) is 5.92 Å². The lowest BCUT2D eigenvalue weighted by atomic mass is 10.2. The molecule has 0 aliphatic rings. The van der Waals surface area contributed by atoms with Crippen LogP contribution in [0.2, 0.25) is 0 Å². The van der Waals surface area contributed by atoms with Crippen molar-refractivity contribution in [2.45, 2.75) is 33.0 Å². The maximum Gasteiger partial charge on any atom is 0.264 e. The maximum atomic E-state index is 10.9. The summed E-state index contributed by atoms with van der Waals surface area (Å²) in [5.41, 5.74) is 1.15. The van der Waals surface area contributed by atoms with Crippen molar-refractivity contribution in [2.75, 3.05) is 26.1 Å². The molecular formula is C16H26O5S. The van der Waals surface area contributed by atoms with Gasteiger partial charge in [0.2, 0.25) is 0 Å². The van der Waals surface area contributed by atoms with Crippen molar-refractivity contribution in [2.24, 2.45) is 5.92 Å². The maximum absolute atomic E-state index is 10.9. The molecule has 1 aromatic carbocycles. The van der Waals surface area contributed by atoms with Crippen molar-refractivity contribution in [1.29, 1.82) is 0 Å². The molecule has 0 aliphatic heterocycles. The molecule has 6 heteroatoms. The first-order chi connectivity index (χ1) is 10.4. The summed E-state index contributed by atoms with van der Waals surface area (Å²) in [6.45, 7) is 5.71. The Kier molecular flexibility index (Phi) is 8.63. The summed E-state index contributed by atoms with van der Waals surface area (Å²) < 4.78 is 37.7. The van der Waals surface area contributed by atoms with E-state index in [4.69, 9.17) is 13.7 Å². The highest BCUT2D eigenvalue weighted by molar-refractivity contribution is 7.85. The molecule has 0 saturated heterocycles. The van der Waals surface area contributed by atoms with Crippen LogP contribution in [-0.2, 0) is 30.4 Å². The lowest BCUT2D eigenvalue weighted by Gasteiger charge is -2.15. The molecule has 126 valence electrons. The average molecular weight is 330 g/mol. The average Bonchev–Trinajstić information content (AvgIpc) is 2.48. The zero-order valence-electron chi connectivity index (χ0n) is 13.5. The molecule has 0 N–H and O–H groups in total. The fourth-order valence-corrected chi connectivity index (χ4v) is 2.20. The van der Waals surface area contributed by atoms with E-state index in [0.29, 0.717) is 19.8 Å². The lowest BCUT2D eigenvalue weighted by Crippen LogP contribution is -2.18. The number of benzene rings is 1. The van der Waals surface area contributed by atoms with Gasteiger partial charge in [-0.25, -0.2) is 0 Å². The van der Waals surface area contributed by atoms with Crippen molar-refractivity contribution in [3.63, 3.8) is 0 Å². The van der Waals surface area contributed by atoms with Crippen LogP contribution in [0.4, 0.5) is 0 Å². The second-order valence-electron chi connectivity index (χ2n) is 5.56. The summed E-state index contributed by atoms with van der Waals surface area (Å²) in [5.74, 6) is 0.0373. The van der Waals surface area contributed by atoms with Gasteiger partial charge in [-0.2, -0.15) is 8.42 Å². The largest absolute Gasteiger partial charge is 0.381 e. The highest BCUT2D eigenvalue weighted by Crippen LogP contribution is 2.06. The predicted octanol–water partition coefficient (Wildman–Crippen LogP) is 2.61. The van der Waals surface area contributed by atoms with Crippen LogP contribution in [0.5, 0.6) is 0 Å². The second-order valence-corrected chi connectivity index (χ2v) is 7.21. The van der Waals surface area contributed by atoms with Crippen molar-refractivity contribution < 1.29 is 22.1 Å². The third-order valence-corrected chi connectivity index (χ3v) is 3.58. The summed E-state index contributed by atoms with van der Waals surface area (Å²) in [5, 5.41) is 0. The van der Waals surface area contributed by atoms with Crippen LogP contribution < -0.4 is 0 Å². The molecule has 22 heavy (non-hydrogen) atoms. The highest BCUT2D eigenvalue weighted by atomic mass is 32.2. The van der Waals surface area contributed by atoms with E-state index in [0.717, 1.165) is 18.2 Å². The van der Waals surface area contributed by atoms with E-state index in [1.165, 1.54) is 0 Å². The summed E-state index contributed by atoms with van der Waals surface area (Å²) >= 11 is 0. The minimum Gasteiger partial charge on any atom is -0.381 e. The fraction of sp³-hybridized carbons (Fsp3) is 0.625. The SMILES string of the molecule is CC(COCCC(C)OCc1ccccc1)COS(C)(=O)=O. The van der Waals surface area contributed by atoms with Gasteiger partial charge in [-0.1, -0.05) is 37.3 Å². The fourth-order valence-electron chi connectivity index (χ4n) is 1.72. The van der Waals surface area contributed by atoms with Gasteiger partial charge in [-0.3, -0.25) is 4.18 Å². The quantitative estimate of drug-likeness (QED) is 0.461. The van der Waals surface area contributed by atoms with Gasteiger partial charge in [0.25, 0.3) is 10.1 Å². The van der Waals surface area contributed by atoms with Crippen LogP contribution in [0.15, 0.2) is 30.3 Å². The monoisotopic (exact) mass is 330 g/mol. The molecule has 1 aromatic rings. The van der Waals surface area contributed by atoms with Gasteiger partial charge < -0.3 is 9.47 Å². The number of hydrogen-bond acceptors (Lipinski definition) is 5. The zero-order valence-corrected chi connectivity index (χ0v) is 14.3. The molecule has 0 saturated carbocycles. The second kappa shape index (κ2) is 9.94. The van der Waals surface area contributed by atoms with E-state index in [9.17, 15) is 8.42 Å². The first-order valence-electron chi connectivity index (χ1n) is 7.44. The Labute approximate surface area is 133 Å². The molecule has 0 bridgehead atoms. The van der Waals surface area contributed by atoms with Crippen LogP contribution >= 0.6 is 0 Å². The molecule has 0 heterocycles. The molecular weight excluding hydrogens is 304 g/mol. The molecule has 0 radical (unpaired) electrons. The predicted molar refractivity (Wildman–Crippen MR) is 86.1 cm³/mol. The third kappa shape index (κ3) is 9.89. The summed E-state index contributed by atoms with van der Waals surface area (Å²) in [6, 6.07) is 10.0. The molecule has 0 aromatic heterocycles. The van der Waals surface area contributed by atoms with Crippen LogP contribution in [-0.4, -0.2) is 40.6 Å². The van der Waals surface area contributed by atoms with Crippen molar-refractivity contribution in [3.8, 4) is 0 Å². The van der Waals surface area contributed by atoms with E-state index >= 15 is 0 Å². The molecule has 0 fully saturated rings. The molecule has 5 nitrogen and oxygen atoms in total. The van der Waals surface area contributed by atoms with Crippen molar-refractivity contribution >= 4 is 10.1 Å². The summed E-state index contributed by atoms with van der Waals surface area (Å²) in [7, 11) is -3.37. The number of hydrogen-bond donors (Lipinski definition) is 0. The Balaban J connectivity index is 2.06. The summed E-state index contributed by atoms with van der Waals surface area (Å²) in [6.07, 6.45) is 1.96. The minimum atomic E-state index is -3.37. The zero-order chi connectivity index (χ0) is 16.4. The van der Waals surface area contributed by atoms with Crippen LogP contribution in [0.3, 0.4) is 0 Å². The Bertz CT molecular complexity index is 501. The third-order valence-electron chi connectivity index (χ3n) is 3.02. The molecule has 2 atom stereocenters. The normalized spacial score (nSPS) is 14.7. The van der Waals surface area contributed by atoms with Gasteiger partial charge in [0.15, 0.2) is 0 Å². The van der Waals surface area contributed by atoms with Gasteiger partial charge in [0.1, 0.15) is 0 Å². The number of ether oxygens (including phenoxy) is 2. The molecule has 0 amide bonds. The van der Waals surface area contributed by atoms with E-state index < -0.39 is 10.1 Å². The van der Waals surface area contributed by atoms with Gasteiger partial charge in [0, 0.05) is 12.5 Å². The highest BCUT2D eigenvalue weighted by Gasteiger charge is 2.09. The van der Waals surface area contributed by atoms with Gasteiger partial charge in [-0.15, -0.1) is 0 Å². The topological polar surface area (TPSA) is 61.8 Å². The Morgan fingerprint density at radius 3 is 2.41 bits per heavy atom. The first-order valence-corrected chi connectivity index (χ1v) is 9.26. The molecule has 1 rings (SSSR count). The Morgan fingerprint density at radius 2 is 1.77 bits per heavy atom. The summed E-state index contributed by atoms with van der Waals surface area (Å²) in [4.78, 5) is 0. The van der Waals surface area contributed by atoms with E-state index in [1.807, 2.05) is 44.2 Å². The minimum absolute atomic E-state index is 0.0373. The lowest BCUT2D eigenvalue weighted by molar-refractivity contribution is 0.0143. The van der Waals surface area contributed by atoms with Crippen LogP contribution in [0.1, 0.15) is 25.8 Å². The molecule has 2 unspecified atom stereocenters. The standard InChI is InChI=1S/C16H26O5S/c1-14(12-21-22(3,17)18)11-19-10-9-15(2)20-13-16-7-5-4-6-8-16/h4-8,14-15H,9-13H2,1-3H3. The van der Waals surface area contributed by atoms with Crippen LogP contribution in [0.25, 0.3) is 0 Å².